The van der Waals surface area contributed by atoms with Gasteiger partial charge in [0.2, 0.25) is 0 Å². The highest BCUT2D eigenvalue weighted by Crippen LogP contribution is 2.20. The van der Waals surface area contributed by atoms with E-state index in [9.17, 15) is 19.3 Å². The molecule has 6 nitrogen and oxygen atoms in total. The number of halogens is 2. The van der Waals surface area contributed by atoms with Crippen LogP contribution in [0.1, 0.15) is 12.0 Å². The molecule has 0 unspecified atom stereocenters. The largest absolute Gasteiger partial charge is 0.481 e. The van der Waals surface area contributed by atoms with E-state index in [0.29, 0.717) is 0 Å². The summed E-state index contributed by atoms with van der Waals surface area (Å²) in [4.78, 5) is 22.2. The number of nitrogens with zero attached hydrogens (tertiary/aromatic N) is 2. The highest BCUT2D eigenvalue weighted by molar-refractivity contribution is 5.85. The van der Waals surface area contributed by atoms with Gasteiger partial charge < -0.3 is 10.0 Å². The molecule has 0 spiro atoms. The summed E-state index contributed by atoms with van der Waals surface area (Å²) in [6.07, 6.45) is -0.0698. The quantitative estimate of drug-likeness (QED) is 0.641. The Bertz CT molecular complexity index is 470. The molecule has 0 heterocycles. The first-order valence-electron chi connectivity index (χ1n) is 5.23. The van der Waals surface area contributed by atoms with Crippen LogP contribution >= 0.6 is 12.4 Å². The van der Waals surface area contributed by atoms with E-state index >= 15 is 0 Å². The van der Waals surface area contributed by atoms with Crippen molar-refractivity contribution >= 4 is 24.1 Å². The molecule has 8 heteroatoms. The van der Waals surface area contributed by atoms with E-state index in [1.165, 1.54) is 0 Å². The molecule has 0 radical (unpaired) electrons. The van der Waals surface area contributed by atoms with Crippen molar-refractivity contribution < 1.29 is 19.2 Å². The zero-order valence-electron chi connectivity index (χ0n) is 10.2. The van der Waals surface area contributed by atoms with Crippen LogP contribution in [-0.4, -0.2) is 34.5 Å². The lowest BCUT2D eigenvalue weighted by Gasteiger charge is -2.15. The summed E-state index contributed by atoms with van der Waals surface area (Å²) in [7, 11) is 1.62. The van der Waals surface area contributed by atoms with Crippen LogP contribution in [0, 0.1) is 15.9 Å². The summed E-state index contributed by atoms with van der Waals surface area (Å²) in [6, 6.07) is 3.23. The third-order valence-electron chi connectivity index (χ3n) is 2.39. The number of nitro benzene ring substituents is 1. The molecule has 0 aliphatic rings. The molecule has 0 atom stereocenters. The molecule has 0 bridgehead atoms. The standard InChI is InChI=1S/C11H13FN2O4.ClH/c1-13(5-4-11(15)16)7-8-6-9(12)2-3-10(8)14(17)18;/h2-3,6H,4-5,7H2,1H3,(H,15,16);1H. The normalized spacial score (nSPS) is 10.1. The zero-order valence-corrected chi connectivity index (χ0v) is 11.0. The fourth-order valence-electron chi connectivity index (χ4n) is 1.52. The van der Waals surface area contributed by atoms with Gasteiger partial charge in [-0.05, 0) is 19.2 Å². The average molecular weight is 293 g/mol. The van der Waals surface area contributed by atoms with Crippen LogP contribution < -0.4 is 0 Å². The molecule has 1 N–H and O–H groups in total. The third-order valence-corrected chi connectivity index (χ3v) is 2.39. The number of hydrogen-bond donors (Lipinski definition) is 1. The molecule has 19 heavy (non-hydrogen) atoms. The van der Waals surface area contributed by atoms with E-state index in [0.717, 1.165) is 18.2 Å². The van der Waals surface area contributed by atoms with Gasteiger partial charge in [-0.25, -0.2) is 4.39 Å². The minimum Gasteiger partial charge on any atom is -0.481 e. The molecule has 0 aliphatic carbocycles. The second kappa shape index (κ2) is 7.65. The highest BCUT2D eigenvalue weighted by atomic mass is 35.5. The van der Waals surface area contributed by atoms with Crippen LogP contribution in [0.15, 0.2) is 18.2 Å². The molecule has 0 saturated heterocycles. The molecule has 0 fully saturated rings. The van der Waals surface area contributed by atoms with Gasteiger partial charge in [-0.15, -0.1) is 12.4 Å². The second-order valence-electron chi connectivity index (χ2n) is 3.91. The predicted octanol–water partition coefficient (Wildman–Crippen LogP) is 2.06. The summed E-state index contributed by atoms with van der Waals surface area (Å²) < 4.78 is 13.0. The van der Waals surface area contributed by atoms with Crippen LogP contribution in [-0.2, 0) is 11.3 Å². The number of carbonyl (C=O) groups is 1. The zero-order chi connectivity index (χ0) is 13.7. The van der Waals surface area contributed by atoms with Gasteiger partial charge in [-0.3, -0.25) is 14.9 Å². The Balaban J connectivity index is 0.00000324. The van der Waals surface area contributed by atoms with Gasteiger partial charge in [0, 0.05) is 24.7 Å². The van der Waals surface area contributed by atoms with Crippen molar-refractivity contribution in [1.82, 2.24) is 4.90 Å². The van der Waals surface area contributed by atoms with Crippen LogP contribution in [0.2, 0.25) is 0 Å². The molecular weight excluding hydrogens is 279 g/mol. The van der Waals surface area contributed by atoms with Crippen molar-refractivity contribution in [2.75, 3.05) is 13.6 Å². The van der Waals surface area contributed by atoms with E-state index < -0.39 is 16.7 Å². The van der Waals surface area contributed by atoms with Crippen molar-refractivity contribution in [3.05, 3.63) is 39.7 Å². The van der Waals surface area contributed by atoms with Crippen molar-refractivity contribution in [2.24, 2.45) is 0 Å². The number of benzene rings is 1. The maximum absolute atomic E-state index is 13.0. The van der Waals surface area contributed by atoms with Crippen molar-refractivity contribution in [1.29, 1.82) is 0 Å². The van der Waals surface area contributed by atoms with E-state index in [2.05, 4.69) is 0 Å². The lowest BCUT2D eigenvalue weighted by molar-refractivity contribution is -0.385. The average Bonchev–Trinajstić information content (AvgIpc) is 2.26. The third kappa shape index (κ3) is 5.62. The Labute approximate surface area is 115 Å². The minimum absolute atomic E-state index is 0. The number of nitro groups is 1. The second-order valence-corrected chi connectivity index (χ2v) is 3.91. The Hall–Kier alpha value is -1.73. The molecule has 1 rings (SSSR count). The van der Waals surface area contributed by atoms with Crippen LogP contribution in [0.5, 0.6) is 0 Å². The maximum atomic E-state index is 13.0. The smallest absolute Gasteiger partial charge is 0.304 e. The first kappa shape index (κ1) is 17.3. The van der Waals surface area contributed by atoms with Gasteiger partial charge in [-0.1, -0.05) is 0 Å². The number of aliphatic carboxylic acids is 1. The van der Waals surface area contributed by atoms with Gasteiger partial charge in [-0.2, -0.15) is 0 Å². The summed E-state index contributed by atoms with van der Waals surface area (Å²) in [5.41, 5.74) is 0.0615. The maximum Gasteiger partial charge on any atom is 0.304 e. The number of rotatable bonds is 6. The molecular formula is C11H14ClFN2O4. The lowest BCUT2D eigenvalue weighted by atomic mass is 10.1. The Kier molecular flexibility index (Phi) is 6.95. The number of hydrogen-bond acceptors (Lipinski definition) is 4. The molecule has 0 saturated carbocycles. The molecule has 1 aromatic rings. The SMILES string of the molecule is CN(CCC(=O)O)Cc1cc(F)ccc1[N+](=O)[O-].Cl. The van der Waals surface area contributed by atoms with E-state index in [1.54, 1.807) is 11.9 Å². The fraction of sp³-hybridized carbons (Fsp3) is 0.364. The van der Waals surface area contributed by atoms with Crippen LogP contribution in [0.25, 0.3) is 0 Å². The Morgan fingerprint density at radius 1 is 1.53 bits per heavy atom. The van der Waals surface area contributed by atoms with Gasteiger partial charge >= 0.3 is 5.97 Å². The predicted molar refractivity (Wildman–Crippen MR) is 68.9 cm³/mol. The van der Waals surface area contributed by atoms with Crippen molar-refractivity contribution in [2.45, 2.75) is 13.0 Å². The molecule has 1 aromatic carbocycles. The monoisotopic (exact) mass is 292 g/mol. The summed E-state index contributed by atoms with van der Waals surface area (Å²) in [5, 5.41) is 19.3. The molecule has 0 amide bonds. The molecule has 0 aromatic heterocycles. The summed E-state index contributed by atoms with van der Waals surface area (Å²) in [6.45, 7) is 0.365. The number of carboxylic acids is 1. The minimum atomic E-state index is -0.949. The van der Waals surface area contributed by atoms with E-state index in [4.69, 9.17) is 5.11 Å². The summed E-state index contributed by atoms with van der Waals surface area (Å²) in [5.74, 6) is -1.50. The van der Waals surface area contributed by atoms with Gasteiger partial charge in [0.25, 0.3) is 5.69 Å². The van der Waals surface area contributed by atoms with Gasteiger partial charge in [0.05, 0.1) is 11.3 Å². The van der Waals surface area contributed by atoms with E-state index in [1.807, 2.05) is 0 Å². The first-order valence-corrected chi connectivity index (χ1v) is 5.23. The van der Waals surface area contributed by atoms with Crippen molar-refractivity contribution in [3.8, 4) is 0 Å². The molecule has 106 valence electrons. The van der Waals surface area contributed by atoms with Gasteiger partial charge in [0.15, 0.2) is 0 Å². The molecule has 0 aliphatic heterocycles. The van der Waals surface area contributed by atoms with Gasteiger partial charge in [0.1, 0.15) is 5.82 Å². The number of carboxylic acid groups (broad SMARTS) is 1. The summed E-state index contributed by atoms with van der Waals surface area (Å²) >= 11 is 0. The lowest BCUT2D eigenvalue weighted by Crippen LogP contribution is -2.21. The van der Waals surface area contributed by atoms with Crippen LogP contribution in [0.4, 0.5) is 10.1 Å². The van der Waals surface area contributed by atoms with Crippen LogP contribution in [0.3, 0.4) is 0 Å². The Morgan fingerprint density at radius 3 is 2.68 bits per heavy atom. The van der Waals surface area contributed by atoms with E-state index in [-0.39, 0.29) is 43.2 Å². The van der Waals surface area contributed by atoms with Crippen molar-refractivity contribution in [3.63, 3.8) is 0 Å². The first-order chi connectivity index (χ1) is 8.40. The topological polar surface area (TPSA) is 83.7 Å². The fourth-order valence-corrected chi connectivity index (χ4v) is 1.52. The highest BCUT2D eigenvalue weighted by Gasteiger charge is 2.16. The Morgan fingerprint density at radius 2 is 2.16 bits per heavy atom.